The van der Waals surface area contributed by atoms with Gasteiger partial charge in [-0.15, -0.1) is 0 Å². The molecule has 2 atom stereocenters. The first-order chi connectivity index (χ1) is 5.34. The molecule has 1 rings (SSSR count). The van der Waals surface area contributed by atoms with Gasteiger partial charge in [0.15, 0.2) is 0 Å². The number of allylic oxidation sites excluding steroid dienone is 3. The lowest BCUT2D eigenvalue weighted by atomic mass is 10.1. The Kier molecular flexibility index (Phi) is 2.52. The number of hydrogen-bond acceptors (Lipinski definition) is 2. The predicted molar refractivity (Wildman–Crippen MR) is 46.5 cm³/mol. The van der Waals surface area contributed by atoms with Crippen LogP contribution in [0.5, 0.6) is 0 Å². The van der Waals surface area contributed by atoms with E-state index in [1.165, 1.54) is 12.2 Å². The average molecular weight is 231 g/mol. The zero-order valence-electron chi connectivity index (χ0n) is 5.75. The summed E-state index contributed by atoms with van der Waals surface area (Å²) in [5.74, 6) is 0. The molecule has 0 N–H and O–H groups in total. The molecule has 0 aromatic rings. The highest BCUT2D eigenvalue weighted by Crippen LogP contribution is 2.33. The van der Waals surface area contributed by atoms with Gasteiger partial charge in [-0.25, -0.2) is 12.8 Å². The van der Waals surface area contributed by atoms with E-state index in [1.54, 1.807) is 0 Å². The van der Waals surface area contributed by atoms with E-state index in [0.29, 0.717) is 0 Å². The third kappa shape index (κ3) is 2.00. The van der Waals surface area contributed by atoms with Crippen molar-refractivity contribution in [1.82, 2.24) is 0 Å². The molecule has 2 unspecified atom stereocenters. The largest absolute Gasteiger partial charge is 0.243 e. The number of alkyl halides is 2. The Morgan fingerprint density at radius 3 is 2.33 bits per heavy atom. The van der Waals surface area contributed by atoms with Crippen LogP contribution in [0.15, 0.2) is 24.3 Å². The maximum Gasteiger partial charge on any atom is 0.243 e. The third-order valence-corrected chi connectivity index (χ3v) is 3.57. The fourth-order valence-electron chi connectivity index (χ4n) is 0.854. The van der Waals surface area contributed by atoms with Crippen molar-refractivity contribution in [2.45, 2.75) is 10.4 Å². The van der Waals surface area contributed by atoms with Crippen LogP contribution in [-0.2, 0) is 9.05 Å². The third-order valence-electron chi connectivity index (χ3n) is 1.40. The summed E-state index contributed by atoms with van der Waals surface area (Å²) >= 11 is 5.25. The zero-order valence-corrected chi connectivity index (χ0v) is 8.07. The fraction of sp³-hybridized carbons (Fsp3) is 0.333. The summed E-state index contributed by atoms with van der Waals surface area (Å²) in [7, 11) is 0.953. The average Bonchev–Trinajstić information content (AvgIpc) is 1.83. The van der Waals surface area contributed by atoms with Crippen LogP contribution in [0.2, 0.25) is 0 Å². The second-order valence-corrected chi connectivity index (χ2v) is 5.64. The Bertz CT molecular complexity index is 331. The highest BCUT2D eigenvalue weighted by molar-refractivity contribution is 8.14. The summed E-state index contributed by atoms with van der Waals surface area (Å²) in [5, 5.41) is -3.95. The fourth-order valence-corrected chi connectivity index (χ4v) is 2.79. The van der Waals surface area contributed by atoms with Crippen molar-refractivity contribution in [1.29, 1.82) is 0 Å². The zero-order chi connectivity index (χ0) is 9.41. The maximum absolute atomic E-state index is 13.2. The van der Waals surface area contributed by atoms with E-state index >= 15 is 0 Å². The Morgan fingerprint density at radius 2 is 2.00 bits per heavy atom. The van der Waals surface area contributed by atoms with E-state index in [4.69, 9.17) is 22.3 Å². The lowest BCUT2D eigenvalue weighted by molar-refractivity contribution is 0.348. The van der Waals surface area contributed by atoms with Crippen molar-refractivity contribution in [3.63, 3.8) is 0 Å². The molecule has 0 fully saturated rings. The first-order valence-corrected chi connectivity index (χ1v) is 5.76. The highest BCUT2D eigenvalue weighted by atomic mass is 35.7. The van der Waals surface area contributed by atoms with Crippen molar-refractivity contribution in [2.24, 2.45) is 0 Å². The Hall–Kier alpha value is -0.0600. The van der Waals surface area contributed by atoms with Gasteiger partial charge in [-0.2, -0.15) is 0 Å². The molecule has 0 heterocycles. The van der Waals surface area contributed by atoms with Crippen LogP contribution < -0.4 is 0 Å². The van der Waals surface area contributed by atoms with Crippen molar-refractivity contribution < 1.29 is 12.8 Å². The molecule has 6 heteroatoms. The summed E-state index contributed by atoms with van der Waals surface area (Å²) in [5.41, 5.74) is 0. The van der Waals surface area contributed by atoms with Crippen molar-refractivity contribution in [3.8, 4) is 0 Å². The van der Waals surface area contributed by atoms with Crippen LogP contribution in [0.1, 0.15) is 0 Å². The normalized spacial score (nSPS) is 35.4. The number of rotatable bonds is 1. The van der Waals surface area contributed by atoms with Gasteiger partial charge < -0.3 is 0 Å². The SMILES string of the molecule is O=S(=O)(Cl)C1C=CC=CC1(F)Cl. The van der Waals surface area contributed by atoms with E-state index in [-0.39, 0.29) is 0 Å². The predicted octanol–water partition coefficient (Wildman–Crippen LogP) is 1.95. The van der Waals surface area contributed by atoms with Gasteiger partial charge in [-0.3, -0.25) is 0 Å². The quantitative estimate of drug-likeness (QED) is 0.510. The summed E-state index contributed by atoms with van der Waals surface area (Å²) < 4.78 is 34.7. The molecule has 0 aromatic carbocycles. The van der Waals surface area contributed by atoms with Crippen LogP contribution in [0, 0.1) is 0 Å². The summed E-state index contributed by atoms with van der Waals surface area (Å²) in [6.07, 6.45) is 4.75. The molecule has 0 radical (unpaired) electrons. The Balaban J connectivity index is 3.08. The van der Waals surface area contributed by atoms with E-state index in [2.05, 4.69) is 0 Å². The Labute approximate surface area is 79.1 Å². The minimum atomic E-state index is -4.01. The van der Waals surface area contributed by atoms with E-state index in [9.17, 15) is 12.8 Å². The van der Waals surface area contributed by atoms with Gasteiger partial charge in [-0.05, 0) is 6.08 Å². The lowest BCUT2D eigenvalue weighted by Crippen LogP contribution is -2.34. The molecule has 0 saturated heterocycles. The molecule has 68 valence electrons. The second-order valence-electron chi connectivity index (χ2n) is 2.31. The highest BCUT2D eigenvalue weighted by Gasteiger charge is 2.42. The summed E-state index contributed by atoms with van der Waals surface area (Å²) in [4.78, 5) is 0. The molecule has 2 nitrogen and oxygen atoms in total. The topological polar surface area (TPSA) is 34.1 Å². The number of halogens is 3. The Morgan fingerprint density at radius 1 is 1.42 bits per heavy atom. The first-order valence-electron chi connectivity index (χ1n) is 3.01. The van der Waals surface area contributed by atoms with Gasteiger partial charge in [0, 0.05) is 10.7 Å². The van der Waals surface area contributed by atoms with Gasteiger partial charge in [-0.1, -0.05) is 29.8 Å². The molecular weight excluding hydrogens is 226 g/mol. The molecule has 0 aromatic heterocycles. The maximum atomic E-state index is 13.2. The van der Waals surface area contributed by atoms with Crippen LogP contribution in [-0.4, -0.2) is 18.8 Å². The number of hydrogen-bond donors (Lipinski definition) is 0. The van der Waals surface area contributed by atoms with E-state index in [0.717, 1.165) is 12.2 Å². The first kappa shape index (κ1) is 10.0. The smallest absolute Gasteiger partial charge is 0.220 e. The lowest BCUT2D eigenvalue weighted by Gasteiger charge is -2.21. The van der Waals surface area contributed by atoms with E-state index < -0.39 is 19.4 Å². The minimum absolute atomic E-state index is 0.944. The van der Waals surface area contributed by atoms with Crippen LogP contribution in [0.3, 0.4) is 0 Å². The van der Waals surface area contributed by atoms with E-state index in [1.807, 2.05) is 0 Å². The van der Waals surface area contributed by atoms with Crippen molar-refractivity contribution >= 4 is 31.3 Å². The van der Waals surface area contributed by atoms with Crippen LogP contribution >= 0.6 is 22.3 Å². The summed E-state index contributed by atoms with van der Waals surface area (Å²) in [6.45, 7) is 0. The van der Waals surface area contributed by atoms with Crippen molar-refractivity contribution in [2.75, 3.05) is 0 Å². The molecule has 0 spiro atoms. The second kappa shape index (κ2) is 3.01. The van der Waals surface area contributed by atoms with Crippen LogP contribution in [0.25, 0.3) is 0 Å². The molecule has 1 aliphatic carbocycles. The molecule has 0 aliphatic heterocycles. The molecular formula is C6H5Cl2FO2S. The van der Waals surface area contributed by atoms with Crippen LogP contribution in [0.4, 0.5) is 4.39 Å². The molecule has 1 aliphatic rings. The standard InChI is InChI=1S/C6H5Cl2FO2S/c7-6(9)4-2-1-3-5(6)12(8,10)11/h1-5H. The molecule has 12 heavy (non-hydrogen) atoms. The molecule has 0 bridgehead atoms. The molecule has 0 amide bonds. The van der Waals surface area contributed by atoms with Crippen molar-refractivity contribution in [3.05, 3.63) is 24.3 Å². The van der Waals surface area contributed by atoms with Gasteiger partial charge >= 0.3 is 0 Å². The minimum Gasteiger partial charge on any atom is -0.220 e. The summed E-state index contributed by atoms with van der Waals surface area (Å²) in [6, 6.07) is 0. The van der Waals surface area contributed by atoms with Gasteiger partial charge in [0.05, 0.1) is 0 Å². The van der Waals surface area contributed by atoms with Gasteiger partial charge in [0.2, 0.25) is 14.2 Å². The monoisotopic (exact) mass is 230 g/mol. The molecule has 0 saturated carbocycles. The van der Waals surface area contributed by atoms with Gasteiger partial charge in [0.1, 0.15) is 5.25 Å². The van der Waals surface area contributed by atoms with Gasteiger partial charge in [0.25, 0.3) is 0 Å².